The van der Waals surface area contributed by atoms with Crippen LogP contribution in [0.15, 0.2) is 47.6 Å². The van der Waals surface area contributed by atoms with Crippen LogP contribution in [0.25, 0.3) is 0 Å². The van der Waals surface area contributed by atoms with Crippen LogP contribution >= 0.6 is 11.6 Å². The maximum Gasteiger partial charge on any atom is 0.170 e. The third-order valence-corrected chi connectivity index (χ3v) is 2.87. The summed E-state index contributed by atoms with van der Waals surface area (Å²) in [5.41, 5.74) is 7.06. The van der Waals surface area contributed by atoms with Gasteiger partial charge in [-0.05, 0) is 55.0 Å². The summed E-state index contributed by atoms with van der Waals surface area (Å²) in [7, 11) is 0. The highest BCUT2D eigenvalue weighted by molar-refractivity contribution is 6.30. The van der Waals surface area contributed by atoms with E-state index in [4.69, 9.17) is 27.3 Å². The second kappa shape index (κ2) is 5.63. The summed E-state index contributed by atoms with van der Waals surface area (Å²) >= 11 is 5.81. The van der Waals surface area contributed by atoms with E-state index in [9.17, 15) is 0 Å². The number of oxime groups is 1. The van der Waals surface area contributed by atoms with Crippen molar-refractivity contribution in [2.45, 2.75) is 6.92 Å². The fourth-order valence-corrected chi connectivity index (χ4v) is 1.74. The van der Waals surface area contributed by atoms with Crippen molar-refractivity contribution >= 4 is 17.4 Å². The number of nitrogens with zero attached hydrogens (tertiary/aromatic N) is 1. The molecule has 0 fully saturated rings. The van der Waals surface area contributed by atoms with Crippen molar-refractivity contribution in [2.24, 2.45) is 10.9 Å². The number of nitrogens with two attached hydrogens (primary N) is 1. The van der Waals surface area contributed by atoms with Crippen molar-refractivity contribution in [1.82, 2.24) is 0 Å². The SMILES string of the molecule is Cc1cc(/C(N)=N/O)ccc1Oc1ccc(Cl)cc1. The number of hydrogen-bond donors (Lipinski definition) is 2. The van der Waals surface area contributed by atoms with Gasteiger partial charge in [0.15, 0.2) is 5.84 Å². The van der Waals surface area contributed by atoms with E-state index < -0.39 is 0 Å². The number of amidine groups is 1. The van der Waals surface area contributed by atoms with Crippen LogP contribution in [-0.2, 0) is 0 Å². The number of halogens is 1. The van der Waals surface area contributed by atoms with E-state index in [-0.39, 0.29) is 5.84 Å². The molecule has 0 spiro atoms. The van der Waals surface area contributed by atoms with Gasteiger partial charge < -0.3 is 15.7 Å². The Balaban J connectivity index is 2.24. The first kappa shape index (κ1) is 13.2. The minimum absolute atomic E-state index is 0.0705. The molecule has 2 aromatic carbocycles. The summed E-state index contributed by atoms with van der Waals surface area (Å²) in [6, 6.07) is 12.4. The molecule has 0 saturated carbocycles. The van der Waals surface area contributed by atoms with Gasteiger partial charge in [-0.3, -0.25) is 0 Å². The fourth-order valence-electron chi connectivity index (χ4n) is 1.61. The lowest BCUT2D eigenvalue weighted by atomic mass is 10.1. The van der Waals surface area contributed by atoms with Crippen molar-refractivity contribution in [3.05, 3.63) is 58.6 Å². The number of aryl methyl sites for hydroxylation is 1. The Kier molecular flexibility index (Phi) is 3.92. The van der Waals surface area contributed by atoms with Crippen molar-refractivity contribution in [2.75, 3.05) is 0 Å². The molecule has 2 aromatic rings. The number of hydrogen-bond acceptors (Lipinski definition) is 3. The van der Waals surface area contributed by atoms with Gasteiger partial charge in [-0.25, -0.2) is 0 Å². The molecule has 0 unspecified atom stereocenters. The molecular weight excluding hydrogens is 264 g/mol. The van der Waals surface area contributed by atoms with Gasteiger partial charge in [0, 0.05) is 10.6 Å². The topological polar surface area (TPSA) is 67.8 Å². The second-order valence-electron chi connectivity index (χ2n) is 4.02. The van der Waals surface area contributed by atoms with Crippen LogP contribution in [0.1, 0.15) is 11.1 Å². The highest BCUT2D eigenvalue weighted by Gasteiger charge is 2.05. The Labute approximate surface area is 116 Å². The van der Waals surface area contributed by atoms with Gasteiger partial charge in [0.1, 0.15) is 11.5 Å². The lowest BCUT2D eigenvalue weighted by molar-refractivity contribution is 0.318. The van der Waals surface area contributed by atoms with E-state index >= 15 is 0 Å². The molecule has 0 atom stereocenters. The summed E-state index contributed by atoms with van der Waals surface area (Å²) in [6.07, 6.45) is 0. The minimum Gasteiger partial charge on any atom is -0.457 e. The van der Waals surface area contributed by atoms with Crippen LogP contribution in [0, 0.1) is 6.92 Å². The van der Waals surface area contributed by atoms with Crippen LogP contribution in [0.3, 0.4) is 0 Å². The zero-order valence-electron chi connectivity index (χ0n) is 10.3. The van der Waals surface area contributed by atoms with Crippen LogP contribution < -0.4 is 10.5 Å². The largest absolute Gasteiger partial charge is 0.457 e. The molecule has 19 heavy (non-hydrogen) atoms. The average Bonchev–Trinajstić information content (AvgIpc) is 2.42. The number of ether oxygens (including phenoxy) is 1. The lowest BCUT2D eigenvalue weighted by Crippen LogP contribution is -2.13. The summed E-state index contributed by atoms with van der Waals surface area (Å²) < 4.78 is 5.73. The first-order chi connectivity index (χ1) is 9.10. The zero-order chi connectivity index (χ0) is 13.8. The van der Waals surface area contributed by atoms with Crippen LogP contribution in [0.2, 0.25) is 5.02 Å². The number of benzene rings is 2. The van der Waals surface area contributed by atoms with Gasteiger partial charge in [-0.2, -0.15) is 0 Å². The quantitative estimate of drug-likeness (QED) is 0.390. The first-order valence-electron chi connectivity index (χ1n) is 5.62. The molecule has 0 amide bonds. The van der Waals surface area contributed by atoms with Gasteiger partial charge in [-0.1, -0.05) is 16.8 Å². The maximum absolute atomic E-state index is 8.63. The molecule has 0 radical (unpaired) electrons. The van der Waals surface area contributed by atoms with Gasteiger partial charge in [0.25, 0.3) is 0 Å². The highest BCUT2D eigenvalue weighted by Crippen LogP contribution is 2.26. The molecule has 5 heteroatoms. The van der Waals surface area contributed by atoms with E-state index in [1.54, 1.807) is 42.5 Å². The summed E-state index contributed by atoms with van der Waals surface area (Å²) in [5, 5.41) is 12.2. The number of rotatable bonds is 3. The summed E-state index contributed by atoms with van der Waals surface area (Å²) in [4.78, 5) is 0. The molecule has 0 bridgehead atoms. The Bertz CT molecular complexity index is 609. The van der Waals surface area contributed by atoms with Crippen LogP contribution in [0.5, 0.6) is 11.5 Å². The minimum atomic E-state index is 0.0705. The Hall–Kier alpha value is -2.20. The second-order valence-corrected chi connectivity index (χ2v) is 4.46. The van der Waals surface area contributed by atoms with E-state index in [1.165, 1.54) is 0 Å². The van der Waals surface area contributed by atoms with Crippen molar-refractivity contribution in [3.63, 3.8) is 0 Å². The molecule has 0 aliphatic carbocycles. The Morgan fingerprint density at radius 2 is 1.89 bits per heavy atom. The molecule has 0 aliphatic heterocycles. The monoisotopic (exact) mass is 276 g/mol. The van der Waals surface area contributed by atoms with Gasteiger partial charge in [0.05, 0.1) is 0 Å². The van der Waals surface area contributed by atoms with E-state index in [0.29, 0.717) is 22.1 Å². The van der Waals surface area contributed by atoms with Crippen molar-refractivity contribution in [1.29, 1.82) is 0 Å². The molecule has 0 heterocycles. The van der Waals surface area contributed by atoms with Crippen molar-refractivity contribution in [3.8, 4) is 11.5 Å². The Morgan fingerprint density at radius 1 is 1.21 bits per heavy atom. The maximum atomic E-state index is 8.63. The van der Waals surface area contributed by atoms with Crippen LogP contribution in [0.4, 0.5) is 0 Å². The summed E-state index contributed by atoms with van der Waals surface area (Å²) in [6.45, 7) is 1.89. The molecule has 0 aliphatic rings. The van der Waals surface area contributed by atoms with E-state index in [1.807, 2.05) is 6.92 Å². The highest BCUT2D eigenvalue weighted by atomic mass is 35.5. The van der Waals surface area contributed by atoms with E-state index in [0.717, 1.165) is 5.56 Å². The average molecular weight is 277 g/mol. The fraction of sp³-hybridized carbons (Fsp3) is 0.0714. The van der Waals surface area contributed by atoms with Gasteiger partial charge in [-0.15, -0.1) is 0 Å². The molecular formula is C14H13ClN2O2. The molecule has 2 rings (SSSR count). The smallest absolute Gasteiger partial charge is 0.170 e. The van der Waals surface area contributed by atoms with Crippen LogP contribution in [-0.4, -0.2) is 11.0 Å². The summed E-state index contributed by atoms with van der Waals surface area (Å²) in [5.74, 6) is 1.47. The third-order valence-electron chi connectivity index (χ3n) is 2.62. The predicted molar refractivity (Wildman–Crippen MR) is 75.2 cm³/mol. The predicted octanol–water partition coefficient (Wildman–Crippen LogP) is 3.54. The normalized spacial score (nSPS) is 11.4. The standard InChI is InChI=1S/C14H13ClN2O2/c1-9-8-10(14(16)17-18)2-7-13(9)19-12-5-3-11(15)4-6-12/h2-8,18H,1H3,(H2,16,17). The third kappa shape index (κ3) is 3.17. The van der Waals surface area contributed by atoms with Gasteiger partial charge in [0.2, 0.25) is 0 Å². The molecule has 4 nitrogen and oxygen atoms in total. The Morgan fingerprint density at radius 3 is 2.47 bits per heavy atom. The van der Waals surface area contributed by atoms with Crippen molar-refractivity contribution < 1.29 is 9.94 Å². The molecule has 0 saturated heterocycles. The van der Waals surface area contributed by atoms with Gasteiger partial charge >= 0.3 is 0 Å². The zero-order valence-corrected chi connectivity index (χ0v) is 11.1. The van der Waals surface area contributed by atoms with E-state index in [2.05, 4.69) is 5.16 Å². The molecule has 98 valence electrons. The first-order valence-corrected chi connectivity index (χ1v) is 6.00. The lowest BCUT2D eigenvalue weighted by Gasteiger charge is -2.10. The molecule has 0 aromatic heterocycles. The molecule has 3 N–H and O–H groups in total.